The predicted octanol–water partition coefficient (Wildman–Crippen LogP) is 2.41. The normalized spacial score (nSPS) is 27.2. The summed E-state index contributed by atoms with van der Waals surface area (Å²) in [7, 11) is 0. The molecule has 28 heavy (non-hydrogen) atoms. The van der Waals surface area contributed by atoms with Gasteiger partial charge in [0.2, 0.25) is 12.8 Å². The smallest absolute Gasteiger partial charge is 0.216 e. The number of nitrogens with one attached hydrogen (secondary N) is 2. The van der Waals surface area contributed by atoms with Gasteiger partial charge in [0.25, 0.3) is 0 Å². The van der Waals surface area contributed by atoms with Crippen molar-refractivity contribution in [1.29, 1.82) is 0 Å². The van der Waals surface area contributed by atoms with Gasteiger partial charge in [0.05, 0.1) is 5.54 Å². The number of nitrogens with two attached hydrogens (primary N) is 1. The zero-order valence-corrected chi connectivity index (χ0v) is 19.2. The molecule has 0 bridgehead atoms. The Hall–Kier alpha value is -0.980. The molecule has 0 aromatic carbocycles. The summed E-state index contributed by atoms with van der Waals surface area (Å²) in [4.78, 5) is 25.5. The first-order chi connectivity index (χ1) is 12.6. The highest BCUT2D eigenvalue weighted by Gasteiger charge is 2.56. The van der Waals surface area contributed by atoms with E-state index in [1.165, 1.54) is 4.90 Å². The van der Waals surface area contributed by atoms with E-state index in [1.54, 1.807) is 0 Å². The van der Waals surface area contributed by atoms with Crippen LogP contribution in [0.5, 0.6) is 0 Å². The standard InChI is InChI=1S/C22H42N4O2/c1-18(2)9-16(10-19(3,4)24-18)22(13-23,26(14-27)15-28)17-11-20(5,6)25-21(7,8)12-17/h14-17,24-25H,9-13,23H2,1-8H3. The number of piperidine rings is 2. The van der Waals surface area contributed by atoms with Crippen LogP contribution >= 0.6 is 0 Å². The van der Waals surface area contributed by atoms with Crippen LogP contribution in [0, 0.1) is 11.8 Å². The lowest BCUT2D eigenvalue weighted by Crippen LogP contribution is -2.72. The van der Waals surface area contributed by atoms with Crippen LogP contribution in [0.2, 0.25) is 0 Å². The molecule has 0 aliphatic carbocycles. The topological polar surface area (TPSA) is 87.5 Å². The van der Waals surface area contributed by atoms with Crippen molar-refractivity contribution in [2.45, 2.75) is 109 Å². The number of amides is 2. The molecule has 0 unspecified atom stereocenters. The molecule has 4 N–H and O–H groups in total. The largest absolute Gasteiger partial charge is 0.328 e. The Morgan fingerprint density at radius 1 is 0.786 bits per heavy atom. The summed E-state index contributed by atoms with van der Waals surface area (Å²) in [6.45, 7) is 17.9. The summed E-state index contributed by atoms with van der Waals surface area (Å²) >= 11 is 0. The maximum absolute atomic E-state index is 12.1. The van der Waals surface area contributed by atoms with Gasteiger partial charge < -0.3 is 16.4 Å². The highest BCUT2D eigenvalue weighted by Crippen LogP contribution is 2.49. The first kappa shape index (κ1) is 23.3. The van der Waals surface area contributed by atoms with Crippen molar-refractivity contribution in [2.24, 2.45) is 17.6 Å². The summed E-state index contributed by atoms with van der Waals surface area (Å²) in [5, 5.41) is 7.44. The van der Waals surface area contributed by atoms with Crippen molar-refractivity contribution in [1.82, 2.24) is 15.5 Å². The molecule has 2 saturated heterocycles. The Bertz CT molecular complexity index is 519. The van der Waals surface area contributed by atoms with E-state index in [4.69, 9.17) is 5.73 Å². The summed E-state index contributed by atoms with van der Waals surface area (Å²) in [5.74, 6) is 0.266. The lowest BCUT2D eigenvalue weighted by Gasteiger charge is -2.60. The van der Waals surface area contributed by atoms with Crippen molar-refractivity contribution in [3.63, 3.8) is 0 Å². The minimum Gasteiger partial charge on any atom is -0.328 e. The molecule has 0 aromatic rings. The molecule has 0 aromatic heterocycles. The van der Waals surface area contributed by atoms with Gasteiger partial charge in [-0.3, -0.25) is 14.5 Å². The molecule has 0 saturated carbocycles. The fourth-order valence-corrected chi connectivity index (χ4v) is 6.77. The average Bonchev–Trinajstić information content (AvgIpc) is 2.46. The highest BCUT2D eigenvalue weighted by atomic mass is 16.2. The van der Waals surface area contributed by atoms with Crippen molar-refractivity contribution >= 4 is 12.8 Å². The summed E-state index contributed by atoms with van der Waals surface area (Å²) in [6.07, 6.45) is 4.88. The monoisotopic (exact) mass is 394 g/mol. The molecule has 2 heterocycles. The van der Waals surface area contributed by atoms with E-state index in [0.29, 0.717) is 12.8 Å². The molecule has 2 amide bonds. The van der Waals surface area contributed by atoms with Crippen LogP contribution in [0.25, 0.3) is 0 Å². The third-order valence-electron chi connectivity index (χ3n) is 6.83. The lowest BCUT2D eigenvalue weighted by molar-refractivity contribution is -0.148. The van der Waals surface area contributed by atoms with Gasteiger partial charge in [0.15, 0.2) is 0 Å². The zero-order chi connectivity index (χ0) is 21.6. The van der Waals surface area contributed by atoms with Gasteiger partial charge in [-0.05, 0) is 92.9 Å². The van der Waals surface area contributed by atoms with Crippen LogP contribution in [-0.4, -0.2) is 52.0 Å². The van der Waals surface area contributed by atoms with Crippen molar-refractivity contribution < 1.29 is 9.59 Å². The van der Waals surface area contributed by atoms with E-state index in [9.17, 15) is 9.59 Å². The first-order valence-corrected chi connectivity index (χ1v) is 10.6. The molecule has 0 spiro atoms. The van der Waals surface area contributed by atoms with Crippen molar-refractivity contribution in [3.05, 3.63) is 0 Å². The number of carbonyl (C=O) groups is 2. The molecule has 2 fully saturated rings. The Labute approximate surface area is 171 Å². The lowest BCUT2D eigenvalue weighted by atomic mass is 9.58. The zero-order valence-electron chi connectivity index (χ0n) is 19.2. The second kappa shape index (κ2) is 7.37. The molecule has 2 aliphatic heterocycles. The van der Waals surface area contributed by atoms with Crippen molar-refractivity contribution in [3.8, 4) is 0 Å². The molecule has 162 valence electrons. The molecule has 0 atom stereocenters. The van der Waals surface area contributed by atoms with Gasteiger partial charge in [0, 0.05) is 28.7 Å². The number of hydrogen-bond acceptors (Lipinski definition) is 5. The number of rotatable bonds is 6. The van der Waals surface area contributed by atoms with Crippen LogP contribution in [0.1, 0.15) is 81.1 Å². The van der Waals surface area contributed by atoms with Crippen LogP contribution in [0.15, 0.2) is 0 Å². The SMILES string of the molecule is CC1(C)CC(C(CN)(C2CC(C)(C)NC(C)(C)C2)N(C=O)C=O)CC(C)(C)N1. The summed E-state index contributed by atoms with van der Waals surface area (Å²) in [6, 6.07) is 0. The summed E-state index contributed by atoms with van der Waals surface area (Å²) < 4.78 is 0. The minimum absolute atomic E-state index is 0.0950. The predicted molar refractivity (Wildman–Crippen MR) is 114 cm³/mol. The third kappa shape index (κ3) is 4.60. The van der Waals surface area contributed by atoms with Crippen LogP contribution < -0.4 is 16.4 Å². The number of hydrogen-bond donors (Lipinski definition) is 3. The Kier molecular flexibility index (Phi) is 6.13. The second-order valence-electron chi connectivity index (χ2n) is 11.8. The number of carbonyl (C=O) groups excluding carboxylic acids is 2. The quantitative estimate of drug-likeness (QED) is 0.602. The highest BCUT2D eigenvalue weighted by molar-refractivity contribution is 5.70. The van der Waals surface area contributed by atoms with E-state index in [0.717, 1.165) is 25.7 Å². The molecule has 6 nitrogen and oxygen atoms in total. The van der Waals surface area contributed by atoms with E-state index in [-0.39, 0.29) is 40.5 Å². The van der Waals surface area contributed by atoms with Crippen LogP contribution in [-0.2, 0) is 9.59 Å². The van der Waals surface area contributed by atoms with E-state index >= 15 is 0 Å². The van der Waals surface area contributed by atoms with Gasteiger partial charge in [-0.25, -0.2) is 0 Å². The average molecular weight is 395 g/mol. The van der Waals surface area contributed by atoms with Crippen LogP contribution in [0.3, 0.4) is 0 Å². The molecule has 2 aliphatic rings. The molecular formula is C22H42N4O2. The Balaban J connectivity index is 2.60. The minimum atomic E-state index is -0.684. The van der Waals surface area contributed by atoms with E-state index in [1.807, 2.05) is 0 Å². The molecular weight excluding hydrogens is 352 g/mol. The van der Waals surface area contributed by atoms with Gasteiger partial charge in [-0.2, -0.15) is 0 Å². The van der Waals surface area contributed by atoms with Gasteiger partial charge in [-0.1, -0.05) is 0 Å². The molecule has 0 radical (unpaired) electrons. The van der Waals surface area contributed by atoms with Gasteiger partial charge >= 0.3 is 0 Å². The Morgan fingerprint density at radius 3 is 1.29 bits per heavy atom. The molecule has 6 heteroatoms. The first-order valence-electron chi connectivity index (χ1n) is 10.6. The van der Waals surface area contributed by atoms with Gasteiger partial charge in [-0.15, -0.1) is 0 Å². The fraction of sp³-hybridized carbons (Fsp3) is 0.909. The molecule has 2 rings (SSSR count). The number of nitrogens with zero attached hydrogens (tertiary/aromatic N) is 1. The second-order valence-corrected chi connectivity index (χ2v) is 11.8. The van der Waals surface area contributed by atoms with Crippen molar-refractivity contribution in [2.75, 3.05) is 6.54 Å². The maximum atomic E-state index is 12.1. The summed E-state index contributed by atoms with van der Waals surface area (Å²) in [5.41, 5.74) is 5.41. The van der Waals surface area contributed by atoms with E-state index in [2.05, 4.69) is 66.0 Å². The number of imide groups is 1. The van der Waals surface area contributed by atoms with E-state index < -0.39 is 5.54 Å². The fourth-order valence-electron chi connectivity index (χ4n) is 6.77. The third-order valence-corrected chi connectivity index (χ3v) is 6.83. The Morgan fingerprint density at radius 2 is 1.07 bits per heavy atom. The maximum Gasteiger partial charge on any atom is 0.216 e. The van der Waals surface area contributed by atoms with Crippen LogP contribution in [0.4, 0.5) is 0 Å². The van der Waals surface area contributed by atoms with Gasteiger partial charge in [0.1, 0.15) is 0 Å².